The van der Waals surface area contributed by atoms with Gasteiger partial charge in [-0.25, -0.2) is 12.8 Å². The molecule has 0 spiro atoms. The normalized spacial score (nSPS) is 12.0. The van der Waals surface area contributed by atoms with Crippen LogP contribution < -0.4 is 9.62 Å². The SMILES string of the molecule is Cc1ccc(Cl)cc1N(CC(=O)N(Cc1ccc(F)cc1)[C@@H](Cc1ccccc1)C(=O)NCC(C)C)S(=O)(=O)c1ccccc1. The molecule has 0 radical (unpaired) electrons. The van der Waals surface area contributed by atoms with E-state index in [1.54, 1.807) is 49.4 Å². The number of sulfonamides is 1. The predicted molar refractivity (Wildman–Crippen MR) is 176 cm³/mol. The predicted octanol–water partition coefficient (Wildman–Crippen LogP) is 6.40. The second-order valence-electron chi connectivity index (χ2n) is 11.2. The Hall–Kier alpha value is -4.21. The lowest BCUT2D eigenvalue weighted by Gasteiger charge is -2.34. The Morgan fingerprint density at radius 2 is 1.49 bits per heavy atom. The van der Waals surface area contributed by atoms with Gasteiger partial charge in [0.25, 0.3) is 10.0 Å². The zero-order chi connectivity index (χ0) is 32.6. The smallest absolute Gasteiger partial charge is 0.264 e. The van der Waals surface area contributed by atoms with Crippen molar-refractivity contribution in [1.82, 2.24) is 10.2 Å². The first-order chi connectivity index (χ1) is 21.5. The third-order valence-electron chi connectivity index (χ3n) is 7.27. The van der Waals surface area contributed by atoms with Crippen LogP contribution in [0.3, 0.4) is 0 Å². The first-order valence-electron chi connectivity index (χ1n) is 14.6. The summed E-state index contributed by atoms with van der Waals surface area (Å²) in [6, 6.07) is 26.6. The van der Waals surface area contributed by atoms with Gasteiger partial charge in [0, 0.05) is 24.5 Å². The molecule has 0 aliphatic carbocycles. The van der Waals surface area contributed by atoms with Gasteiger partial charge in [0.2, 0.25) is 11.8 Å². The minimum atomic E-state index is -4.25. The number of amides is 2. The van der Waals surface area contributed by atoms with Crippen LogP contribution in [0.25, 0.3) is 0 Å². The van der Waals surface area contributed by atoms with Crippen molar-refractivity contribution in [2.75, 3.05) is 17.4 Å². The number of nitrogens with one attached hydrogen (secondary N) is 1. The number of anilines is 1. The van der Waals surface area contributed by atoms with Crippen LogP contribution in [0.15, 0.2) is 108 Å². The molecule has 4 rings (SSSR count). The average Bonchev–Trinajstić information content (AvgIpc) is 3.03. The van der Waals surface area contributed by atoms with Crippen molar-refractivity contribution in [3.05, 3.63) is 131 Å². The average molecular weight is 650 g/mol. The summed E-state index contributed by atoms with van der Waals surface area (Å²) in [5.41, 5.74) is 2.23. The molecule has 236 valence electrons. The maximum atomic E-state index is 14.5. The van der Waals surface area contributed by atoms with E-state index in [0.29, 0.717) is 22.7 Å². The summed E-state index contributed by atoms with van der Waals surface area (Å²) < 4.78 is 43.1. The van der Waals surface area contributed by atoms with Crippen LogP contribution in [0.1, 0.15) is 30.5 Å². The highest BCUT2D eigenvalue weighted by atomic mass is 35.5. The van der Waals surface area contributed by atoms with Gasteiger partial charge in [0.15, 0.2) is 0 Å². The molecule has 1 atom stereocenters. The van der Waals surface area contributed by atoms with E-state index in [1.165, 1.54) is 35.2 Å². The Bertz CT molecular complexity index is 1700. The van der Waals surface area contributed by atoms with Crippen molar-refractivity contribution >= 4 is 39.1 Å². The first-order valence-corrected chi connectivity index (χ1v) is 16.5. The van der Waals surface area contributed by atoms with Crippen molar-refractivity contribution in [2.45, 2.75) is 44.7 Å². The third-order valence-corrected chi connectivity index (χ3v) is 9.28. The molecule has 0 heterocycles. The van der Waals surface area contributed by atoms with E-state index in [0.717, 1.165) is 9.87 Å². The van der Waals surface area contributed by atoms with Gasteiger partial charge in [-0.15, -0.1) is 0 Å². The third kappa shape index (κ3) is 8.93. The quantitative estimate of drug-likeness (QED) is 0.182. The Morgan fingerprint density at radius 3 is 2.11 bits per heavy atom. The highest BCUT2D eigenvalue weighted by molar-refractivity contribution is 7.92. The lowest BCUT2D eigenvalue weighted by atomic mass is 10.0. The fourth-order valence-electron chi connectivity index (χ4n) is 4.85. The van der Waals surface area contributed by atoms with E-state index in [4.69, 9.17) is 11.6 Å². The van der Waals surface area contributed by atoms with E-state index in [1.807, 2.05) is 44.2 Å². The van der Waals surface area contributed by atoms with E-state index < -0.39 is 34.3 Å². The summed E-state index contributed by atoms with van der Waals surface area (Å²) in [6.07, 6.45) is 0.180. The molecule has 4 aromatic carbocycles. The maximum absolute atomic E-state index is 14.5. The van der Waals surface area contributed by atoms with E-state index in [2.05, 4.69) is 5.32 Å². The Kier molecular flexibility index (Phi) is 11.4. The largest absolute Gasteiger partial charge is 0.354 e. The zero-order valence-corrected chi connectivity index (χ0v) is 27.1. The van der Waals surface area contributed by atoms with E-state index in [9.17, 15) is 22.4 Å². The monoisotopic (exact) mass is 649 g/mol. The molecule has 0 aliphatic heterocycles. The second kappa shape index (κ2) is 15.2. The highest BCUT2D eigenvalue weighted by Crippen LogP contribution is 2.30. The van der Waals surface area contributed by atoms with Crippen LogP contribution in [0, 0.1) is 18.7 Å². The van der Waals surface area contributed by atoms with Gasteiger partial charge in [-0.05, 0) is 65.9 Å². The van der Waals surface area contributed by atoms with Crippen molar-refractivity contribution < 1.29 is 22.4 Å². The summed E-state index contributed by atoms with van der Waals surface area (Å²) in [4.78, 5) is 29.7. The van der Waals surface area contributed by atoms with Gasteiger partial charge in [0.1, 0.15) is 18.4 Å². The molecule has 0 unspecified atom stereocenters. The molecule has 10 heteroatoms. The van der Waals surface area contributed by atoms with E-state index >= 15 is 0 Å². The maximum Gasteiger partial charge on any atom is 0.264 e. The number of benzene rings is 4. The van der Waals surface area contributed by atoms with Crippen molar-refractivity contribution in [1.29, 1.82) is 0 Å². The lowest BCUT2D eigenvalue weighted by Crippen LogP contribution is -2.53. The summed E-state index contributed by atoms with van der Waals surface area (Å²) in [5.74, 6) is -1.27. The number of halogens is 2. The zero-order valence-electron chi connectivity index (χ0n) is 25.5. The number of carbonyl (C=O) groups is 2. The van der Waals surface area contributed by atoms with Gasteiger partial charge >= 0.3 is 0 Å². The van der Waals surface area contributed by atoms with Crippen molar-refractivity contribution in [2.24, 2.45) is 5.92 Å². The molecule has 0 aliphatic rings. The van der Waals surface area contributed by atoms with Crippen LogP contribution in [-0.4, -0.2) is 44.3 Å². The number of hydrogen-bond donors (Lipinski definition) is 1. The standard InChI is InChI=1S/C35H37ClFN3O4S/c1-25(2)22-38-35(42)33(20-27-10-6-4-7-11-27)39(23-28-15-18-30(37)19-16-28)34(41)24-40(32-21-29(36)17-14-26(32)3)45(43,44)31-12-8-5-9-13-31/h4-19,21,25,33H,20,22-24H2,1-3H3,(H,38,42)/t33-/m0/s1. The topological polar surface area (TPSA) is 86.8 Å². The van der Waals surface area contributed by atoms with E-state index in [-0.39, 0.29) is 35.4 Å². The Morgan fingerprint density at radius 1 is 0.867 bits per heavy atom. The highest BCUT2D eigenvalue weighted by Gasteiger charge is 2.35. The molecule has 0 saturated heterocycles. The van der Waals surface area contributed by atoms with Crippen LogP contribution in [-0.2, 0) is 32.6 Å². The summed E-state index contributed by atoms with van der Waals surface area (Å²) in [5, 5.41) is 3.25. The molecule has 2 amide bonds. The number of aryl methyl sites for hydroxylation is 1. The summed E-state index contributed by atoms with van der Waals surface area (Å²) in [7, 11) is -4.25. The van der Waals surface area contributed by atoms with Crippen LogP contribution in [0.2, 0.25) is 5.02 Å². The molecule has 1 N–H and O–H groups in total. The first kappa shape index (κ1) is 33.7. The van der Waals surface area contributed by atoms with Gasteiger partial charge in [0.05, 0.1) is 10.6 Å². The fourth-order valence-corrected chi connectivity index (χ4v) is 6.51. The Labute approximate surface area is 269 Å². The van der Waals surface area contributed by atoms with Gasteiger partial charge < -0.3 is 10.2 Å². The van der Waals surface area contributed by atoms with Crippen molar-refractivity contribution in [3.63, 3.8) is 0 Å². The molecule has 0 bridgehead atoms. The number of carbonyl (C=O) groups excluding carboxylic acids is 2. The van der Waals surface area contributed by atoms with Gasteiger partial charge in [-0.1, -0.05) is 92.2 Å². The fraction of sp³-hybridized carbons (Fsp3) is 0.257. The molecular weight excluding hydrogens is 613 g/mol. The lowest BCUT2D eigenvalue weighted by molar-refractivity contribution is -0.140. The molecule has 0 aromatic heterocycles. The van der Waals surface area contributed by atoms with Gasteiger partial charge in [-0.3, -0.25) is 13.9 Å². The molecule has 4 aromatic rings. The van der Waals surface area contributed by atoms with Crippen molar-refractivity contribution in [3.8, 4) is 0 Å². The summed E-state index contributed by atoms with van der Waals surface area (Å²) >= 11 is 6.32. The molecule has 0 fully saturated rings. The van der Waals surface area contributed by atoms with Gasteiger partial charge in [-0.2, -0.15) is 0 Å². The number of rotatable bonds is 13. The van der Waals surface area contributed by atoms with Crippen LogP contribution in [0.5, 0.6) is 0 Å². The van der Waals surface area contributed by atoms with Crippen LogP contribution in [0.4, 0.5) is 10.1 Å². The minimum Gasteiger partial charge on any atom is -0.354 e. The number of nitrogens with zero attached hydrogens (tertiary/aromatic N) is 2. The summed E-state index contributed by atoms with van der Waals surface area (Å²) in [6.45, 7) is 5.39. The molecule has 7 nitrogen and oxygen atoms in total. The minimum absolute atomic E-state index is 0.00206. The van der Waals surface area contributed by atoms with Crippen LogP contribution >= 0.6 is 11.6 Å². The molecule has 0 saturated carbocycles. The number of hydrogen-bond acceptors (Lipinski definition) is 4. The molecular formula is C35H37ClFN3O4S. The second-order valence-corrected chi connectivity index (χ2v) is 13.5. The Balaban J connectivity index is 1.82. The molecule has 45 heavy (non-hydrogen) atoms.